The molecule has 0 aliphatic heterocycles. The quantitative estimate of drug-likeness (QED) is 0.429. The molecule has 4 aromatic rings. The number of hydrogen-bond acceptors (Lipinski definition) is 8. The minimum atomic E-state index is -3.41. The fraction of sp³-hybridized carbons (Fsp3) is 0.150. The molecule has 0 amide bonds. The molecular formula is C20H20N6O3S. The van der Waals surface area contributed by atoms with E-state index in [2.05, 4.69) is 30.6 Å². The minimum absolute atomic E-state index is 0.200. The molecular weight excluding hydrogens is 404 g/mol. The number of methoxy groups -OCH3 is 1. The summed E-state index contributed by atoms with van der Waals surface area (Å²) in [7, 11) is -1.83. The number of benzene rings is 1. The first-order chi connectivity index (χ1) is 14.3. The average Bonchev–Trinajstić information content (AvgIpc) is 3.08. The van der Waals surface area contributed by atoms with Crippen LogP contribution in [0.5, 0.6) is 5.75 Å². The first kappa shape index (κ1) is 19.6. The van der Waals surface area contributed by atoms with Gasteiger partial charge in [-0.3, -0.25) is 0 Å². The van der Waals surface area contributed by atoms with Gasteiger partial charge < -0.3 is 20.4 Å². The lowest BCUT2D eigenvalue weighted by Gasteiger charge is -2.13. The number of aryl methyl sites for hydroxylation is 1. The van der Waals surface area contributed by atoms with Crippen LogP contribution in [0.25, 0.3) is 11.2 Å². The van der Waals surface area contributed by atoms with Crippen molar-refractivity contribution in [2.24, 2.45) is 0 Å². The monoisotopic (exact) mass is 424 g/mol. The van der Waals surface area contributed by atoms with E-state index in [1.54, 1.807) is 55.8 Å². The van der Waals surface area contributed by atoms with Crippen molar-refractivity contribution in [2.75, 3.05) is 24.0 Å². The molecule has 30 heavy (non-hydrogen) atoms. The summed E-state index contributed by atoms with van der Waals surface area (Å²) in [4.78, 5) is 16.6. The van der Waals surface area contributed by atoms with Gasteiger partial charge in [-0.2, -0.15) is 0 Å². The Bertz CT molecular complexity index is 1330. The van der Waals surface area contributed by atoms with Crippen molar-refractivity contribution in [2.45, 2.75) is 11.8 Å². The lowest BCUT2D eigenvalue weighted by molar-refractivity contribution is 0.414. The zero-order valence-corrected chi connectivity index (χ0v) is 17.4. The summed E-state index contributed by atoms with van der Waals surface area (Å²) in [6.07, 6.45) is 2.80. The first-order valence-electron chi connectivity index (χ1n) is 9.04. The van der Waals surface area contributed by atoms with Gasteiger partial charge in [0.2, 0.25) is 0 Å². The molecule has 1 aromatic carbocycles. The second kappa shape index (κ2) is 7.64. The molecule has 0 fully saturated rings. The summed E-state index contributed by atoms with van der Waals surface area (Å²) >= 11 is 0. The molecule has 0 saturated heterocycles. The third kappa shape index (κ3) is 4.03. The van der Waals surface area contributed by atoms with Crippen LogP contribution in [0.2, 0.25) is 0 Å². The van der Waals surface area contributed by atoms with Crippen LogP contribution < -0.4 is 15.4 Å². The number of imidazole rings is 1. The Morgan fingerprint density at radius 3 is 2.57 bits per heavy atom. The standard InChI is InChI=1S/C20H20N6O3S/c1-12-22-19-15(24-14-6-4-5-7-16(14)30(3,27)28)11-18(26-20(19)23-12)25-17-10-13(29-2)8-9-21-17/h4-11H,1-3H3,(H3,21,22,23,24,25,26). The van der Waals surface area contributed by atoms with E-state index in [1.807, 2.05) is 6.92 Å². The maximum Gasteiger partial charge on any atom is 0.177 e. The third-order valence-corrected chi connectivity index (χ3v) is 5.51. The zero-order chi connectivity index (χ0) is 21.3. The van der Waals surface area contributed by atoms with E-state index in [-0.39, 0.29) is 4.90 Å². The number of fused-ring (bicyclic) bond motifs is 1. The minimum Gasteiger partial charge on any atom is -0.497 e. The Morgan fingerprint density at radius 1 is 1.00 bits per heavy atom. The molecule has 3 N–H and O–H groups in total. The maximum absolute atomic E-state index is 12.2. The molecule has 0 spiro atoms. The van der Waals surface area contributed by atoms with Crippen molar-refractivity contribution >= 4 is 44.0 Å². The molecule has 0 radical (unpaired) electrons. The predicted octanol–water partition coefficient (Wildman–Crippen LogP) is 3.56. The van der Waals surface area contributed by atoms with Crippen molar-refractivity contribution in [1.82, 2.24) is 19.9 Å². The highest BCUT2D eigenvalue weighted by Gasteiger charge is 2.16. The molecule has 3 heterocycles. The van der Waals surface area contributed by atoms with Crippen LogP contribution in [-0.2, 0) is 9.84 Å². The Morgan fingerprint density at radius 2 is 1.80 bits per heavy atom. The number of para-hydroxylation sites is 1. The van der Waals surface area contributed by atoms with Crippen molar-refractivity contribution < 1.29 is 13.2 Å². The molecule has 0 bridgehead atoms. The number of aromatic nitrogens is 4. The van der Waals surface area contributed by atoms with Crippen molar-refractivity contribution in [3.63, 3.8) is 0 Å². The van der Waals surface area contributed by atoms with Crippen LogP contribution in [0.4, 0.5) is 23.0 Å². The number of rotatable bonds is 6. The number of nitrogens with one attached hydrogen (secondary N) is 3. The molecule has 9 nitrogen and oxygen atoms in total. The van der Waals surface area contributed by atoms with E-state index in [0.29, 0.717) is 45.7 Å². The summed E-state index contributed by atoms with van der Waals surface area (Å²) < 4.78 is 29.6. The third-order valence-electron chi connectivity index (χ3n) is 4.35. The van der Waals surface area contributed by atoms with Crippen molar-refractivity contribution in [1.29, 1.82) is 0 Å². The Kier molecular flexibility index (Phi) is 5.00. The summed E-state index contributed by atoms with van der Waals surface area (Å²) in [5.41, 5.74) is 2.21. The van der Waals surface area contributed by atoms with E-state index in [1.165, 1.54) is 6.26 Å². The number of aromatic amines is 1. The number of anilines is 4. The molecule has 4 rings (SSSR count). The SMILES string of the molecule is COc1ccnc(Nc2cc(Nc3ccccc3S(C)(=O)=O)c3nc(C)[nH]c3n2)c1. The smallest absolute Gasteiger partial charge is 0.177 e. The highest BCUT2D eigenvalue weighted by atomic mass is 32.2. The molecule has 0 unspecified atom stereocenters. The normalized spacial score (nSPS) is 11.4. The second-order valence-corrected chi connectivity index (χ2v) is 8.66. The number of pyridine rings is 2. The molecule has 154 valence electrons. The van der Waals surface area contributed by atoms with Crippen LogP contribution >= 0.6 is 0 Å². The maximum atomic E-state index is 12.2. The average molecular weight is 424 g/mol. The van der Waals surface area contributed by atoms with Crippen molar-refractivity contribution in [3.8, 4) is 5.75 Å². The molecule has 3 aromatic heterocycles. The molecule has 0 atom stereocenters. The topological polar surface area (TPSA) is 122 Å². The van der Waals surface area contributed by atoms with E-state index in [9.17, 15) is 8.42 Å². The lowest BCUT2D eigenvalue weighted by atomic mass is 10.2. The highest BCUT2D eigenvalue weighted by molar-refractivity contribution is 7.90. The molecule has 0 aliphatic carbocycles. The molecule has 0 aliphatic rings. The van der Waals surface area contributed by atoms with Gasteiger partial charge in [-0.25, -0.2) is 23.4 Å². The molecule has 0 saturated carbocycles. The summed E-state index contributed by atoms with van der Waals surface area (Å²) in [5, 5.41) is 6.34. The van der Waals surface area contributed by atoms with E-state index < -0.39 is 9.84 Å². The fourth-order valence-electron chi connectivity index (χ4n) is 3.04. The summed E-state index contributed by atoms with van der Waals surface area (Å²) in [5.74, 6) is 2.41. The second-order valence-electron chi connectivity index (χ2n) is 6.67. The zero-order valence-electron chi connectivity index (χ0n) is 16.6. The van der Waals surface area contributed by atoms with E-state index in [0.717, 1.165) is 0 Å². The van der Waals surface area contributed by atoms with Crippen LogP contribution in [0.3, 0.4) is 0 Å². The van der Waals surface area contributed by atoms with E-state index >= 15 is 0 Å². The van der Waals surface area contributed by atoms with E-state index in [4.69, 9.17) is 4.74 Å². The van der Waals surface area contributed by atoms with Gasteiger partial charge in [0.15, 0.2) is 15.5 Å². The highest BCUT2D eigenvalue weighted by Crippen LogP contribution is 2.31. The Balaban J connectivity index is 1.78. The number of nitrogens with zero attached hydrogens (tertiary/aromatic N) is 3. The van der Waals surface area contributed by atoms with Gasteiger partial charge in [0.25, 0.3) is 0 Å². The summed E-state index contributed by atoms with van der Waals surface area (Å²) in [6.45, 7) is 1.83. The van der Waals surface area contributed by atoms with Gasteiger partial charge in [-0.1, -0.05) is 12.1 Å². The number of ether oxygens (including phenoxy) is 1. The number of sulfone groups is 1. The van der Waals surface area contributed by atoms with Gasteiger partial charge in [-0.15, -0.1) is 0 Å². The van der Waals surface area contributed by atoms with Gasteiger partial charge in [0.05, 0.1) is 23.4 Å². The Hall–Kier alpha value is -3.66. The van der Waals surface area contributed by atoms with Gasteiger partial charge >= 0.3 is 0 Å². The summed E-state index contributed by atoms with van der Waals surface area (Å²) in [6, 6.07) is 12.0. The van der Waals surface area contributed by atoms with Gasteiger partial charge in [-0.05, 0) is 25.1 Å². The van der Waals surface area contributed by atoms with Crippen LogP contribution in [-0.4, -0.2) is 41.7 Å². The predicted molar refractivity (Wildman–Crippen MR) is 116 cm³/mol. The fourth-order valence-corrected chi connectivity index (χ4v) is 3.89. The Labute approximate surface area is 173 Å². The number of hydrogen-bond donors (Lipinski definition) is 3. The van der Waals surface area contributed by atoms with Crippen LogP contribution in [0, 0.1) is 6.92 Å². The number of H-pyrrole nitrogens is 1. The van der Waals surface area contributed by atoms with Crippen LogP contribution in [0.1, 0.15) is 5.82 Å². The molecule has 10 heteroatoms. The van der Waals surface area contributed by atoms with Crippen LogP contribution in [0.15, 0.2) is 53.6 Å². The van der Waals surface area contributed by atoms with Gasteiger partial charge in [0.1, 0.15) is 28.7 Å². The van der Waals surface area contributed by atoms with Gasteiger partial charge in [0, 0.05) is 24.6 Å². The first-order valence-corrected chi connectivity index (χ1v) is 10.9. The lowest BCUT2D eigenvalue weighted by Crippen LogP contribution is -2.04. The van der Waals surface area contributed by atoms with Crippen molar-refractivity contribution in [3.05, 3.63) is 54.5 Å². The largest absolute Gasteiger partial charge is 0.497 e.